The van der Waals surface area contributed by atoms with Crippen molar-refractivity contribution in [3.05, 3.63) is 76.3 Å². The van der Waals surface area contributed by atoms with Gasteiger partial charge in [0.25, 0.3) is 5.91 Å². The zero-order valence-electron chi connectivity index (χ0n) is 29.6. The summed E-state index contributed by atoms with van der Waals surface area (Å²) in [5.74, 6) is -1.66. The number of epoxide rings is 1. The van der Waals surface area contributed by atoms with Crippen LogP contribution in [-0.2, 0) is 30.2 Å². The van der Waals surface area contributed by atoms with Crippen LogP contribution in [0.3, 0.4) is 0 Å². The van der Waals surface area contributed by atoms with Gasteiger partial charge in [-0.2, -0.15) is 0 Å². The van der Waals surface area contributed by atoms with Crippen LogP contribution in [0.15, 0.2) is 60.2 Å². The van der Waals surface area contributed by atoms with E-state index < -0.39 is 66.0 Å². The number of halogens is 1. The van der Waals surface area contributed by atoms with E-state index >= 15 is 0 Å². The molecule has 4 N–H and O–H groups in total. The lowest BCUT2D eigenvalue weighted by Crippen LogP contribution is -2.57. The van der Waals surface area contributed by atoms with Crippen LogP contribution in [0.5, 0.6) is 5.75 Å². The number of esters is 1. The lowest BCUT2D eigenvalue weighted by atomic mass is 9.88. The molecule has 3 heterocycles. The van der Waals surface area contributed by atoms with Gasteiger partial charge >= 0.3 is 12.1 Å². The molecular formula is C37H45ClN4O9. The number of amides is 3. The van der Waals surface area contributed by atoms with Crippen LogP contribution in [0.4, 0.5) is 16.2 Å². The Bertz CT molecular complexity index is 1730. The van der Waals surface area contributed by atoms with Gasteiger partial charge in [-0.1, -0.05) is 42.3 Å². The zero-order valence-corrected chi connectivity index (χ0v) is 30.3. The Hall–Kier alpha value is -4.59. The van der Waals surface area contributed by atoms with E-state index in [2.05, 4.69) is 5.32 Å². The summed E-state index contributed by atoms with van der Waals surface area (Å²) in [4.78, 5) is 56.0. The molecule has 3 aliphatic heterocycles. The van der Waals surface area contributed by atoms with E-state index in [-0.39, 0.29) is 24.3 Å². The lowest BCUT2D eigenvalue weighted by Gasteiger charge is -2.38. The molecule has 4 bridgehead atoms. The quantitative estimate of drug-likeness (QED) is 0.228. The van der Waals surface area contributed by atoms with Gasteiger partial charge in [-0.15, -0.1) is 0 Å². The molecule has 2 saturated heterocycles. The van der Waals surface area contributed by atoms with Gasteiger partial charge in [-0.05, 0) is 62.2 Å². The second kappa shape index (κ2) is 15.3. The SMILES string of the molecule is COc1cc2cc(c1Cl)N(C)C(=O)C[C@H](OC(=O)[C@H](C)N(C)C(=O)c1ccc(N)cc1)[C@@H]1O[C@H]1[C@H](C)[C@@H]1C[C@](O)(C/C=C/C=C(\C)C2)NC(=O)O1. The number of nitrogens with one attached hydrogen (secondary N) is 1. The minimum Gasteiger partial charge on any atom is -0.495 e. The summed E-state index contributed by atoms with van der Waals surface area (Å²) in [6, 6.07) is 8.88. The number of fused-ring (bicyclic) bond motifs is 5. The molecule has 0 aromatic heterocycles. The summed E-state index contributed by atoms with van der Waals surface area (Å²) in [6.07, 6.45) is 1.97. The molecule has 5 rings (SSSR count). The third-order valence-electron chi connectivity index (χ3n) is 9.70. The molecule has 14 heteroatoms. The number of allylic oxidation sites excluding steroid dienone is 3. The number of nitrogens with zero attached hydrogens (tertiary/aromatic N) is 2. The highest BCUT2D eigenvalue weighted by molar-refractivity contribution is 6.35. The summed E-state index contributed by atoms with van der Waals surface area (Å²) in [5, 5.41) is 14.1. The molecule has 0 radical (unpaired) electrons. The van der Waals surface area contributed by atoms with Gasteiger partial charge in [0.1, 0.15) is 40.9 Å². The van der Waals surface area contributed by atoms with Crippen LogP contribution in [0.1, 0.15) is 56.0 Å². The molecule has 0 aliphatic carbocycles. The topological polar surface area (TPSA) is 173 Å². The fourth-order valence-corrected chi connectivity index (χ4v) is 6.68. The molecule has 274 valence electrons. The molecule has 0 spiro atoms. The largest absolute Gasteiger partial charge is 0.495 e. The maximum Gasteiger partial charge on any atom is 0.409 e. The number of anilines is 2. The fourth-order valence-electron chi connectivity index (χ4n) is 6.37. The molecule has 0 saturated carbocycles. The number of hydrogen-bond donors (Lipinski definition) is 3. The number of aliphatic hydroxyl groups is 1. The predicted octanol–water partition coefficient (Wildman–Crippen LogP) is 4.40. The number of nitrogen functional groups attached to an aromatic ring is 1. The first kappa shape index (κ1) is 37.7. The van der Waals surface area contributed by atoms with Gasteiger partial charge in [-0.25, -0.2) is 9.59 Å². The normalized spacial score (nSPS) is 28.9. The average molecular weight is 725 g/mol. The van der Waals surface area contributed by atoms with E-state index in [4.69, 9.17) is 36.3 Å². The highest BCUT2D eigenvalue weighted by Gasteiger charge is 2.55. The third-order valence-corrected chi connectivity index (χ3v) is 10.1. The number of nitrogens with two attached hydrogens (primary N) is 1. The summed E-state index contributed by atoms with van der Waals surface area (Å²) in [6.45, 7) is 5.28. The first-order valence-electron chi connectivity index (χ1n) is 16.8. The van der Waals surface area contributed by atoms with Crippen LogP contribution in [0.25, 0.3) is 0 Å². The van der Waals surface area contributed by atoms with Crippen LogP contribution in [0.2, 0.25) is 5.02 Å². The van der Waals surface area contributed by atoms with E-state index in [1.54, 1.807) is 49.5 Å². The van der Waals surface area contributed by atoms with Gasteiger partial charge in [0.2, 0.25) is 5.91 Å². The van der Waals surface area contributed by atoms with Crippen LogP contribution >= 0.6 is 11.6 Å². The van der Waals surface area contributed by atoms with Crippen molar-refractivity contribution in [3.63, 3.8) is 0 Å². The predicted molar refractivity (Wildman–Crippen MR) is 190 cm³/mol. The Labute approximate surface area is 302 Å². The number of rotatable bonds is 5. The van der Waals surface area contributed by atoms with Crippen LogP contribution in [0, 0.1) is 5.92 Å². The van der Waals surface area contributed by atoms with Crippen molar-refractivity contribution in [1.29, 1.82) is 0 Å². The third kappa shape index (κ3) is 8.66. The lowest BCUT2D eigenvalue weighted by molar-refractivity contribution is -0.155. The zero-order chi connectivity index (χ0) is 37.2. The second-order valence-electron chi connectivity index (χ2n) is 13.5. The summed E-state index contributed by atoms with van der Waals surface area (Å²) >= 11 is 6.72. The van der Waals surface area contributed by atoms with E-state index in [1.165, 1.54) is 30.9 Å². The van der Waals surface area contributed by atoms with Crippen LogP contribution in [-0.4, -0.2) is 91.3 Å². The average Bonchev–Trinajstić information content (AvgIpc) is 3.89. The van der Waals surface area contributed by atoms with Crippen molar-refractivity contribution in [3.8, 4) is 5.75 Å². The summed E-state index contributed by atoms with van der Waals surface area (Å²) < 4.78 is 23.1. The monoisotopic (exact) mass is 724 g/mol. The highest BCUT2D eigenvalue weighted by atomic mass is 35.5. The van der Waals surface area contributed by atoms with Gasteiger partial charge in [0.05, 0.1) is 25.3 Å². The Morgan fingerprint density at radius 3 is 2.59 bits per heavy atom. The van der Waals surface area contributed by atoms with Crippen molar-refractivity contribution < 1.29 is 43.2 Å². The number of carbonyl (C=O) groups excluding carboxylic acids is 4. The maximum atomic E-state index is 14.0. The van der Waals surface area contributed by atoms with Crippen molar-refractivity contribution in [2.45, 2.75) is 82.6 Å². The molecule has 13 nitrogen and oxygen atoms in total. The highest BCUT2D eigenvalue weighted by Crippen LogP contribution is 2.41. The molecule has 7 atom stereocenters. The van der Waals surface area contributed by atoms with E-state index in [1.807, 2.05) is 26.0 Å². The van der Waals surface area contributed by atoms with E-state index in [0.29, 0.717) is 29.1 Å². The minimum atomic E-state index is -1.57. The number of ether oxygens (including phenoxy) is 4. The van der Waals surface area contributed by atoms with Crippen molar-refractivity contribution in [2.24, 2.45) is 5.92 Å². The van der Waals surface area contributed by atoms with Gasteiger partial charge < -0.3 is 39.6 Å². The summed E-state index contributed by atoms with van der Waals surface area (Å²) in [7, 11) is 4.55. The van der Waals surface area contributed by atoms with E-state index in [0.717, 1.165) is 11.1 Å². The Balaban J connectivity index is 1.46. The molecule has 2 aromatic rings. The maximum absolute atomic E-state index is 14.0. The first-order valence-corrected chi connectivity index (χ1v) is 17.1. The molecule has 51 heavy (non-hydrogen) atoms. The molecule has 3 amide bonds. The Kier molecular flexibility index (Phi) is 11.3. The number of likely N-dealkylation sites (N-methyl/N-ethyl adjacent to an activating group) is 1. The molecule has 2 fully saturated rings. The minimum absolute atomic E-state index is 0.0743. The van der Waals surface area contributed by atoms with Gasteiger partial charge in [0.15, 0.2) is 0 Å². The number of benzene rings is 2. The molecular weight excluding hydrogens is 680 g/mol. The second-order valence-corrected chi connectivity index (χ2v) is 13.9. The molecule has 0 unspecified atom stereocenters. The van der Waals surface area contributed by atoms with Crippen molar-refractivity contribution >= 4 is 46.9 Å². The Morgan fingerprint density at radius 2 is 1.90 bits per heavy atom. The number of hydrogen-bond acceptors (Lipinski definition) is 10. The van der Waals surface area contributed by atoms with Crippen molar-refractivity contribution in [2.75, 3.05) is 31.8 Å². The fraction of sp³-hybridized carbons (Fsp3) is 0.459. The standard InChI is InChI=1S/C37H45ClN4O9/c1-20-9-7-8-14-37(47)19-29(50-36(46)40-37)21(2)32-33(51-32)28(18-30(43)42(5)26-16-23(15-20)17-27(48-6)31(26)38)49-35(45)22(3)41(4)34(44)24-10-12-25(39)13-11-24/h7-13,16-17,21-22,28-29,32-33,47H,14-15,18-19,39H2,1-6H3,(H,40,46)/b8-7+,20-9+/t21-,22+,28+,29+,32+,33+,37-/m1/s1. The van der Waals surface area contributed by atoms with Crippen molar-refractivity contribution in [1.82, 2.24) is 10.2 Å². The van der Waals surface area contributed by atoms with E-state index in [9.17, 15) is 24.3 Å². The van der Waals surface area contributed by atoms with Crippen LogP contribution < -0.4 is 20.7 Å². The number of alkyl carbamates (subject to hydrolysis) is 1. The smallest absolute Gasteiger partial charge is 0.409 e. The Morgan fingerprint density at radius 1 is 1.20 bits per heavy atom. The molecule has 2 aromatic carbocycles. The summed E-state index contributed by atoms with van der Waals surface area (Å²) in [5.41, 5.74) is 7.22. The number of methoxy groups -OCH3 is 1. The van der Waals surface area contributed by atoms with Gasteiger partial charge in [-0.3, -0.25) is 14.9 Å². The molecule has 3 aliphatic rings. The number of carbonyl (C=O) groups is 4. The van der Waals surface area contributed by atoms with Gasteiger partial charge in [0, 0.05) is 44.1 Å². The first-order chi connectivity index (χ1) is 24.1.